The Kier molecular flexibility index (Phi) is 3.53. The molecule has 20 heavy (non-hydrogen) atoms. The largest absolute Gasteiger partial charge is 0.504 e. The molecule has 0 radical (unpaired) electrons. The van der Waals surface area contributed by atoms with Crippen LogP contribution in [-0.4, -0.2) is 42.5 Å². The first-order valence-corrected chi connectivity index (χ1v) is 7.14. The molecule has 3 rings (SSSR count). The number of phenolic OH excluding ortho intramolecular Hbond substituents is 1. The van der Waals surface area contributed by atoms with Gasteiger partial charge in [-0.05, 0) is 24.2 Å². The van der Waals surface area contributed by atoms with Gasteiger partial charge in [0.15, 0.2) is 11.5 Å². The first-order valence-electron chi connectivity index (χ1n) is 7.14. The van der Waals surface area contributed by atoms with E-state index in [1.807, 2.05) is 12.1 Å². The topological polar surface area (TPSA) is 57.1 Å². The van der Waals surface area contributed by atoms with Gasteiger partial charge >= 0.3 is 0 Å². The number of nitrogens with zero attached hydrogens (tertiary/aromatic N) is 2. The van der Waals surface area contributed by atoms with Crippen molar-refractivity contribution in [2.45, 2.75) is 19.4 Å². The summed E-state index contributed by atoms with van der Waals surface area (Å²) in [6.45, 7) is 5.39. The molecule has 2 heterocycles. The van der Waals surface area contributed by atoms with Gasteiger partial charge in [-0.1, -0.05) is 13.0 Å². The number of likely N-dealkylation sites (tertiary alicyclic amines) is 1. The number of methoxy groups -OCH3 is 1. The lowest BCUT2D eigenvalue weighted by Crippen LogP contribution is -2.41. The summed E-state index contributed by atoms with van der Waals surface area (Å²) in [4.78, 5) is 2.45. The molecule has 0 aromatic heterocycles. The lowest BCUT2D eigenvalue weighted by atomic mass is 9.86. The second-order valence-electron chi connectivity index (χ2n) is 5.39. The van der Waals surface area contributed by atoms with Gasteiger partial charge in [-0.3, -0.25) is 0 Å². The number of hydrogen-bond donors (Lipinski definition) is 2. The maximum atomic E-state index is 9.95. The molecular formula is C15H21N3O2. The summed E-state index contributed by atoms with van der Waals surface area (Å²) in [6, 6.07) is 5.74. The highest BCUT2D eigenvalue weighted by atomic mass is 16.5. The number of hydrogen-bond acceptors (Lipinski definition) is 5. The Morgan fingerprint density at radius 1 is 1.50 bits per heavy atom. The van der Waals surface area contributed by atoms with E-state index in [0.717, 1.165) is 31.6 Å². The van der Waals surface area contributed by atoms with Gasteiger partial charge in [0, 0.05) is 31.1 Å². The number of phenols is 1. The molecule has 2 aliphatic heterocycles. The number of rotatable bonds is 3. The predicted octanol–water partition coefficient (Wildman–Crippen LogP) is 1.74. The minimum atomic E-state index is 0.149. The van der Waals surface area contributed by atoms with Gasteiger partial charge in [0.2, 0.25) is 0 Å². The van der Waals surface area contributed by atoms with Crippen LogP contribution in [0.15, 0.2) is 23.3 Å². The van der Waals surface area contributed by atoms with Crippen LogP contribution in [0.2, 0.25) is 0 Å². The smallest absolute Gasteiger partial charge is 0.160 e. The van der Waals surface area contributed by atoms with Crippen LogP contribution < -0.4 is 10.2 Å². The van der Waals surface area contributed by atoms with Crippen molar-refractivity contribution in [1.82, 2.24) is 10.3 Å². The van der Waals surface area contributed by atoms with Gasteiger partial charge in [-0.2, -0.15) is 5.10 Å². The molecule has 5 nitrogen and oxygen atoms in total. The highest BCUT2D eigenvalue weighted by molar-refractivity contribution is 5.89. The first-order chi connectivity index (χ1) is 9.72. The second kappa shape index (κ2) is 5.32. The molecule has 2 atom stereocenters. The average Bonchev–Trinajstić information content (AvgIpc) is 2.89. The minimum Gasteiger partial charge on any atom is -0.504 e. The molecule has 108 valence electrons. The van der Waals surface area contributed by atoms with Crippen LogP contribution in [0.5, 0.6) is 11.5 Å². The summed E-state index contributed by atoms with van der Waals surface area (Å²) in [5.74, 6) is 1.09. The molecule has 1 aromatic rings. The number of nitrogens with one attached hydrogen (secondary N) is 1. The fourth-order valence-electron chi connectivity index (χ4n) is 3.11. The standard InChI is InChI=1S/C15H21N3O2/c1-3-18-7-6-12-11(9-18)15(17-16-12)10-4-5-14(20-2)13(19)8-10/h4-5,8,11,15,17,19H,3,6-7,9H2,1-2H3. The van der Waals surface area contributed by atoms with E-state index in [0.29, 0.717) is 11.7 Å². The molecule has 0 saturated carbocycles. The normalized spacial score (nSPS) is 25.8. The van der Waals surface area contributed by atoms with Crippen molar-refractivity contribution in [2.24, 2.45) is 11.0 Å². The summed E-state index contributed by atoms with van der Waals surface area (Å²) >= 11 is 0. The van der Waals surface area contributed by atoms with Crippen LogP contribution in [0, 0.1) is 5.92 Å². The van der Waals surface area contributed by atoms with Crippen molar-refractivity contribution < 1.29 is 9.84 Å². The molecule has 2 aliphatic rings. The highest BCUT2D eigenvalue weighted by Gasteiger charge is 2.36. The minimum absolute atomic E-state index is 0.149. The third-order valence-corrected chi connectivity index (χ3v) is 4.33. The molecule has 5 heteroatoms. The zero-order valence-corrected chi connectivity index (χ0v) is 12.0. The van der Waals surface area contributed by atoms with Crippen LogP contribution in [-0.2, 0) is 0 Å². The zero-order valence-electron chi connectivity index (χ0n) is 12.0. The summed E-state index contributed by atoms with van der Waals surface area (Å²) in [5.41, 5.74) is 5.55. The van der Waals surface area contributed by atoms with Gasteiger partial charge in [-0.15, -0.1) is 0 Å². The van der Waals surface area contributed by atoms with Crippen molar-refractivity contribution in [1.29, 1.82) is 0 Å². The molecule has 0 amide bonds. The molecular weight excluding hydrogens is 254 g/mol. The summed E-state index contributed by atoms with van der Waals surface area (Å²) in [5, 5.41) is 14.4. The van der Waals surface area contributed by atoms with Gasteiger partial charge in [0.25, 0.3) is 0 Å². The Hall–Kier alpha value is -1.75. The van der Waals surface area contributed by atoms with E-state index in [4.69, 9.17) is 4.74 Å². The van der Waals surface area contributed by atoms with E-state index >= 15 is 0 Å². The van der Waals surface area contributed by atoms with E-state index in [2.05, 4.69) is 22.4 Å². The van der Waals surface area contributed by atoms with Crippen molar-refractivity contribution in [2.75, 3.05) is 26.7 Å². The van der Waals surface area contributed by atoms with Crippen molar-refractivity contribution in [3.8, 4) is 11.5 Å². The maximum absolute atomic E-state index is 9.95. The quantitative estimate of drug-likeness (QED) is 0.882. The summed E-state index contributed by atoms with van der Waals surface area (Å²) < 4.78 is 5.10. The van der Waals surface area contributed by atoms with E-state index in [-0.39, 0.29) is 11.8 Å². The number of fused-ring (bicyclic) bond motifs is 1. The maximum Gasteiger partial charge on any atom is 0.160 e. The summed E-state index contributed by atoms with van der Waals surface area (Å²) in [7, 11) is 1.56. The molecule has 2 unspecified atom stereocenters. The first kappa shape index (κ1) is 13.2. The van der Waals surface area contributed by atoms with Crippen molar-refractivity contribution in [3.63, 3.8) is 0 Å². The van der Waals surface area contributed by atoms with Gasteiger partial charge in [-0.25, -0.2) is 0 Å². The molecule has 0 aliphatic carbocycles. The fraction of sp³-hybridized carbons (Fsp3) is 0.533. The molecule has 1 saturated heterocycles. The predicted molar refractivity (Wildman–Crippen MR) is 78.2 cm³/mol. The van der Waals surface area contributed by atoms with E-state index in [9.17, 15) is 5.11 Å². The molecule has 0 spiro atoms. The third kappa shape index (κ3) is 2.22. The Bertz CT molecular complexity index is 530. The number of piperidine rings is 1. The molecule has 2 N–H and O–H groups in total. The molecule has 1 fully saturated rings. The number of aromatic hydroxyl groups is 1. The number of hydrazone groups is 1. The number of ether oxygens (including phenoxy) is 1. The third-order valence-electron chi connectivity index (χ3n) is 4.33. The average molecular weight is 275 g/mol. The van der Waals surface area contributed by atoms with Crippen LogP contribution in [0.25, 0.3) is 0 Å². The Morgan fingerprint density at radius 3 is 3.05 bits per heavy atom. The van der Waals surface area contributed by atoms with E-state index in [1.54, 1.807) is 13.2 Å². The highest BCUT2D eigenvalue weighted by Crippen LogP contribution is 2.36. The molecule has 0 bridgehead atoms. The zero-order chi connectivity index (χ0) is 14.1. The Balaban J connectivity index is 1.82. The monoisotopic (exact) mass is 275 g/mol. The van der Waals surface area contributed by atoms with Crippen LogP contribution in [0.3, 0.4) is 0 Å². The Morgan fingerprint density at radius 2 is 2.35 bits per heavy atom. The van der Waals surface area contributed by atoms with E-state index < -0.39 is 0 Å². The van der Waals surface area contributed by atoms with E-state index in [1.165, 1.54) is 5.71 Å². The lowest BCUT2D eigenvalue weighted by Gasteiger charge is -2.32. The van der Waals surface area contributed by atoms with Crippen molar-refractivity contribution >= 4 is 5.71 Å². The van der Waals surface area contributed by atoms with Crippen LogP contribution >= 0.6 is 0 Å². The van der Waals surface area contributed by atoms with Crippen LogP contribution in [0.4, 0.5) is 0 Å². The number of benzene rings is 1. The van der Waals surface area contributed by atoms with Gasteiger partial charge in [0.1, 0.15) is 0 Å². The van der Waals surface area contributed by atoms with Gasteiger partial charge < -0.3 is 20.2 Å². The molecule has 1 aromatic carbocycles. The SMILES string of the molecule is CCN1CCC2=NNC(c3ccc(OC)c(O)c3)C2C1. The lowest BCUT2D eigenvalue weighted by molar-refractivity contribution is 0.238. The fourth-order valence-corrected chi connectivity index (χ4v) is 3.11. The van der Waals surface area contributed by atoms with Crippen LogP contribution in [0.1, 0.15) is 24.9 Å². The van der Waals surface area contributed by atoms with Gasteiger partial charge in [0.05, 0.1) is 13.2 Å². The van der Waals surface area contributed by atoms with Crippen molar-refractivity contribution in [3.05, 3.63) is 23.8 Å². The Labute approximate surface area is 119 Å². The second-order valence-corrected chi connectivity index (χ2v) is 5.39. The summed E-state index contributed by atoms with van der Waals surface area (Å²) in [6.07, 6.45) is 1.03.